The fourth-order valence-electron chi connectivity index (χ4n) is 1.51. The van der Waals surface area contributed by atoms with Crippen LogP contribution in [0.4, 0.5) is 8.78 Å². The first kappa shape index (κ1) is 10.6. The maximum absolute atomic E-state index is 12.8. The Morgan fingerprint density at radius 1 is 1.58 bits per heavy atom. The highest BCUT2D eigenvalue weighted by Gasteiger charge is 2.43. The molecule has 1 fully saturated rings. The zero-order valence-electron chi connectivity index (χ0n) is 6.64. The highest BCUT2D eigenvalue weighted by molar-refractivity contribution is 14.1. The molecule has 0 aromatic heterocycles. The van der Waals surface area contributed by atoms with Gasteiger partial charge in [0.25, 0.3) is 5.92 Å². The van der Waals surface area contributed by atoms with E-state index in [2.05, 4.69) is 22.6 Å². The van der Waals surface area contributed by atoms with Gasteiger partial charge in [0.2, 0.25) is 0 Å². The minimum absolute atomic E-state index is 0.160. The molecule has 0 saturated carbocycles. The Morgan fingerprint density at radius 2 is 2.25 bits per heavy atom. The van der Waals surface area contributed by atoms with Crippen molar-refractivity contribution in [1.29, 1.82) is 0 Å². The van der Waals surface area contributed by atoms with Gasteiger partial charge >= 0.3 is 0 Å². The molecule has 0 bridgehead atoms. The van der Waals surface area contributed by atoms with Gasteiger partial charge in [-0.1, -0.05) is 22.6 Å². The third-order valence-corrected chi connectivity index (χ3v) is 2.55. The first-order valence-corrected chi connectivity index (χ1v) is 5.40. The normalized spacial score (nSPS) is 29.5. The van der Waals surface area contributed by atoms with Crippen LogP contribution in [0.15, 0.2) is 0 Å². The Morgan fingerprint density at radius 3 is 2.75 bits per heavy atom. The lowest BCUT2D eigenvalue weighted by atomic mass is 10.2. The Hall–Kier alpha value is 0.510. The zero-order valence-corrected chi connectivity index (χ0v) is 8.80. The van der Waals surface area contributed by atoms with Crippen molar-refractivity contribution in [2.45, 2.75) is 18.4 Å². The number of halogens is 3. The predicted molar refractivity (Wildman–Crippen MR) is 50.9 cm³/mol. The fourth-order valence-corrected chi connectivity index (χ4v) is 2.13. The minimum Gasteiger partial charge on any atom is -0.395 e. The summed E-state index contributed by atoms with van der Waals surface area (Å²) in [6.07, 6.45) is -0.194. The first-order chi connectivity index (χ1) is 5.59. The summed E-state index contributed by atoms with van der Waals surface area (Å²) in [7, 11) is 0. The van der Waals surface area contributed by atoms with Gasteiger partial charge in [-0.25, -0.2) is 8.78 Å². The van der Waals surface area contributed by atoms with Crippen LogP contribution in [-0.4, -0.2) is 46.1 Å². The SMILES string of the molecule is OCC1CC(F)(F)CN1CCI. The summed E-state index contributed by atoms with van der Waals surface area (Å²) in [5, 5.41) is 8.82. The first-order valence-electron chi connectivity index (χ1n) is 3.88. The van der Waals surface area contributed by atoms with Gasteiger partial charge in [-0.05, 0) is 0 Å². The lowest BCUT2D eigenvalue weighted by molar-refractivity contribution is 0.0123. The summed E-state index contributed by atoms with van der Waals surface area (Å²) in [4.78, 5) is 1.66. The van der Waals surface area contributed by atoms with Crippen LogP contribution in [0.3, 0.4) is 0 Å². The highest BCUT2D eigenvalue weighted by Crippen LogP contribution is 2.31. The summed E-state index contributed by atoms with van der Waals surface area (Å²) >= 11 is 2.15. The largest absolute Gasteiger partial charge is 0.395 e. The molecule has 1 aliphatic heterocycles. The lowest BCUT2D eigenvalue weighted by Gasteiger charge is -2.19. The molecular weight excluding hydrogens is 279 g/mol. The predicted octanol–water partition coefficient (Wildman–Crippen LogP) is 1.12. The molecule has 2 nitrogen and oxygen atoms in total. The van der Waals surface area contributed by atoms with E-state index < -0.39 is 5.92 Å². The van der Waals surface area contributed by atoms with E-state index in [1.54, 1.807) is 4.90 Å². The molecule has 0 spiro atoms. The van der Waals surface area contributed by atoms with E-state index in [0.717, 1.165) is 4.43 Å². The van der Waals surface area contributed by atoms with Crippen LogP contribution in [0, 0.1) is 0 Å². The van der Waals surface area contributed by atoms with Crippen LogP contribution in [0.2, 0.25) is 0 Å². The maximum atomic E-state index is 12.8. The molecule has 1 rings (SSSR count). The fraction of sp³-hybridized carbons (Fsp3) is 1.00. The molecule has 5 heteroatoms. The van der Waals surface area contributed by atoms with E-state index in [9.17, 15) is 8.78 Å². The van der Waals surface area contributed by atoms with Gasteiger partial charge in [0.1, 0.15) is 0 Å². The number of rotatable bonds is 3. The molecule has 0 amide bonds. The third-order valence-electron chi connectivity index (χ3n) is 2.07. The van der Waals surface area contributed by atoms with Crippen LogP contribution >= 0.6 is 22.6 Å². The van der Waals surface area contributed by atoms with E-state index in [4.69, 9.17) is 5.11 Å². The number of aliphatic hydroxyl groups is 1. The minimum atomic E-state index is -2.60. The average Bonchev–Trinajstić information content (AvgIpc) is 2.26. The number of likely N-dealkylation sites (tertiary alicyclic amines) is 1. The van der Waals surface area contributed by atoms with Crippen molar-refractivity contribution in [2.24, 2.45) is 0 Å². The topological polar surface area (TPSA) is 23.5 Å². The van der Waals surface area contributed by atoms with Gasteiger partial charge in [0.15, 0.2) is 0 Å². The van der Waals surface area contributed by atoms with Crippen molar-refractivity contribution >= 4 is 22.6 Å². The van der Waals surface area contributed by atoms with Crippen molar-refractivity contribution in [3.63, 3.8) is 0 Å². The maximum Gasteiger partial charge on any atom is 0.262 e. The molecule has 0 aromatic rings. The zero-order chi connectivity index (χ0) is 9.19. The van der Waals surface area contributed by atoms with Crippen molar-refractivity contribution in [2.75, 3.05) is 24.1 Å². The van der Waals surface area contributed by atoms with E-state index in [0.29, 0.717) is 6.54 Å². The van der Waals surface area contributed by atoms with E-state index >= 15 is 0 Å². The van der Waals surface area contributed by atoms with Gasteiger partial charge < -0.3 is 5.11 Å². The number of alkyl halides is 3. The van der Waals surface area contributed by atoms with Crippen LogP contribution < -0.4 is 0 Å². The highest BCUT2D eigenvalue weighted by atomic mass is 127. The molecule has 12 heavy (non-hydrogen) atoms. The van der Waals surface area contributed by atoms with Gasteiger partial charge in [0.05, 0.1) is 13.2 Å². The Balaban J connectivity index is 2.50. The lowest BCUT2D eigenvalue weighted by Crippen LogP contribution is -2.34. The van der Waals surface area contributed by atoms with Crippen LogP contribution in [0.1, 0.15) is 6.42 Å². The van der Waals surface area contributed by atoms with E-state index in [1.165, 1.54) is 0 Å². The van der Waals surface area contributed by atoms with Crippen molar-refractivity contribution in [3.8, 4) is 0 Å². The molecule has 0 aromatic carbocycles. The summed E-state index contributed by atoms with van der Waals surface area (Å²) in [5.74, 6) is -2.60. The number of aliphatic hydroxyl groups excluding tert-OH is 1. The number of hydrogen-bond acceptors (Lipinski definition) is 2. The van der Waals surface area contributed by atoms with Gasteiger partial charge in [0, 0.05) is 23.4 Å². The quantitative estimate of drug-likeness (QED) is 0.622. The Kier molecular flexibility index (Phi) is 3.66. The summed E-state index contributed by atoms with van der Waals surface area (Å²) in [6.45, 7) is 0.287. The number of hydrogen-bond donors (Lipinski definition) is 1. The van der Waals surface area contributed by atoms with Crippen LogP contribution in [-0.2, 0) is 0 Å². The molecule has 1 unspecified atom stereocenters. The van der Waals surface area contributed by atoms with Crippen molar-refractivity contribution in [1.82, 2.24) is 4.90 Å². The van der Waals surface area contributed by atoms with Gasteiger partial charge in [-0.3, -0.25) is 4.90 Å². The molecule has 1 heterocycles. The monoisotopic (exact) mass is 291 g/mol. The second-order valence-electron chi connectivity index (χ2n) is 3.06. The molecule has 72 valence electrons. The van der Waals surface area contributed by atoms with Crippen LogP contribution in [0.5, 0.6) is 0 Å². The molecular formula is C7H12F2INO. The molecule has 1 aliphatic rings. The second-order valence-corrected chi connectivity index (χ2v) is 4.13. The Bertz CT molecular complexity index is 156. The molecule has 0 aliphatic carbocycles. The van der Waals surface area contributed by atoms with Gasteiger partial charge in [-0.2, -0.15) is 0 Å². The summed E-state index contributed by atoms with van der Waals surface area (Å²) in [5.41, 5.74) is 0. The average molecular weight is 291 g/mol. The number of nitrogens with zero attached hydrogens (tertiary/aromatic N) is 1. The standard InChI is InChI=1S/C7H12F2INO/c8-7(9)3-6(4-12)11(5-7)2-1-10/h6,12H,1-5H2. The van der Waals surface area contributed by atoms with Crippen molar-refractivity contribution < 1.29 is 13.9 Å². The third kappa shape index (κ3) is 2.50. The summed E-state index contributed by atoms with van der Waals surface area (Å²) < 4.78 is 26.4. The molecule has 1 atom stereocenters. The second kappa shape index (κ2) is 4.15. The smallest absolute Gasteiger partial charge is 0.262 e. The van der Waals surface area contributed by atoms with E-state index in [-0.39, 0.29) is 25.6 Å². The Labute approximate surface area is 84.1 Å². The summed E-state index contributed by atoms with van der Waals surface area (Å²) in [6, 6.07) is -0.338. The molecule has 1 N–H and O–H groups in total. The molecule has 1 saturated heterocycles. The van der Waals surface area contributed by atoms with Crippen LogP contribution in [0.25, 0.3) is 0 Å². The van der Waals surface area contributed by atoms with Crippen molar-refractivity contribution in [3.05, 3.63) is 0 Å². The van der Waals surface area contributed by atoms with E-state index in [1.807, 2.05) is 0 Å². The van der Waals surface area contributed by atoms with Gasteiger partial charge in [-0.15, -0.1) is 0 Å². The molecule has 0 radical (unpaired) electrons.